The van der Waals surface area contributed by atoms with E-state index in [2.05, 4.69) is 0 Å². The van der Waals surface area contributed by atoms with E-state index in [9.17, 15) is 21.6 Å². The third-order valence-corrected chi connectivity index (χ3v) is 5.37. The minimum Gasteiger partial charge on any atom is -0.266 e. The van der Waals surface area contributed by atoms with E-state index in [-0.39, 0.29) is 30.3 Å². The first-order chi connectivity index (χ1) is 10.2. The van der Waals surface area contributed by atoms with Gasteiger partial charge in [0.2, 0.25) is 0 Å². The highest BCUT2D eigenvalue weighted by Crippen LogP contribution is 2.39. The first-order valence-corrected chi connectivity index (χ1v) is 8.62. The average molecular weight is 336 g/mol. The van der Waals surface area contributed by atoms with Gasteiger partial charge in [-0.3, -0.25) is 4.18 Å². The van der Waals surface area contributed by atoms with Crippen molar-refractivity contribution in [2.45, 2.75) is 43.7 Å². The molecule has 1 fully saturated rings. The van der Waals surface area contributed by atoms with Crippen LogP contribution in [0.4, 0.5) is 13.2 Å². The molecule has 0 spiro atoms. The molecule has 124 valence electrons. The predicted octanol–water partition coefficient (Wildman–Crippen LogP) is 4.07. The highest BCUT2D eigenvalue weighted by atomic mass is 32.2. The zero-order valence-electron chi connectivity index (χ0n) is 12.3. The zero-order valence-corrected chi connectivity index (χ0v) is 13.1. The van der Waals surface area contributed by atoms with Crippen molar-refractivity contribution in [2.24, 2.45) is 11.8 Å². The van der Waals surface area contributed by atoms with Gasteiger partial charge in [0.25, 0.3) is 10.1 Å². The molecule has 1 saturated carbocycles. The molecular formula is C15H19F3O3S. The molecule has 0 radical (unpaired) electrons. The SMILES string of the molecule is Cc1ccc(S(=O)(=O)OCC2CCC(C(F)(F)F)CC2)cc1. The molecule has 1 aromatic carbocycles. The van der Waals surface area contributed by atoms with Crippen LogP contribution in [0.25, 0.3) is 0 Å². The van der Waals surface area contributed by atoms with Crippen molar-refractivity contribution in [1.82, 2.24) is 0 Å². The normalized spacial score (nSPS) is 23.5. The number of hydrogen-bond acceptors (Lipinski definition) is 3. The first-order valence-electron chi connectivity index (χ1n) is 7.21. The molecule has 0 N–H and O–H groups in total. The minimum atomic E-state index is -4.15. The lowest BCUT2D eigenvalue weighted by atomic mass is 9.82. The first kappa shape index (κ1) is 17.3. The average Bonchev–Trinajstić information content (AvgIpc) is 2.45. The van der Waals surface area contributed by atoms with Gasteiger partial charge in [0.05, 0.1) is 17.4 Å². The molecule has 22 heavy (non-hydrogen) atoms. The molecule has 0 aliphatic heterocycles. The Bertz CT molecular complexity index is 585. The second kappa shape index (κ2) is 6.58. The molecule has 0 unspecified atom stereocenters. The van der Waals surface area contributed by atoms with Crippen LogP contribution in [0.5, 0.6) is 0 Å². The lowest BCUT2D eigenvalue weighted by Crippen LogP contribution is -2.29. The van der Waals surface area contributed by atoms with Crippen molar-refractivity contribution >= 4 is 10.1 Å². The second-order valence-electron chi connectivity index (χ2n) is 5.81. The smallest absolute Gasteiger partial charge is 0.266 e. The maximum absolute atomic E-state index is 12.6. The van der Waals surface area contributed by atoms with Gasteiger partial charge in [-0.25, -0.2) is 0 Å². The van der Waals surface area contributed by atoms with Crippen LogP contribution >= 0.6 is 0 Å². The quantitative estimate of drug-likeness (QED) is 0.779. The summed E-state index contributed by atoms with van der Waals surface area (Å²) in [5, 5.41) is 0. The van der Waals surface area contributed by atoms with Crippen LogP contribution in [0.15, 0.2) is 29.2 Å². The van der Waals surface area contributed by atoms with E-state index in [0.717, 1.165) is 5.56 Å². The summed E-state index contributed by atoms with van der Waals surface area (Å²) < 4.78 is 66.7. The maximum atomic E-state index is 12.6. The molecule has 1 aliphatic carbocycles. The van der Waals surface area contributed by atoms with Gasteiger partial charge in [-0.05, 0) is 50.7 Å². The van der Waals surface area contributed by atoms with Crippen LogP contribution < -0.4 is 0 Å². The van der Waals surface area contributed by atoms with E-state index < -0.39 is 22.2 Å². The van der Waals surface area contributed by atoms with Crippen LogP contribution in [-0.4, -0.2) is 21.2 Å². The van der Waals surface area contributed by atoms with E-state index >= 15 is 0 Å². The summed E-state index contributed by atoms with van der Waals surface area (Å²) in [4.78, 5) is 0.0714. The molecular weight excluding hydrogens is 317 g/mol. The van der Waals surface area contributed by atoms with Crippen molar-refractivity contribution in [1.29, 1.82) is 0 Å². The van der Waals surface area contributed by atoms with Crippen LogP contribution in [0.1, 0.15) is 31.2 Å². The summed E-state index contributed by atoms with van der Waals surface area (Å²) >= 11 is 0. The summed E-state index contributed by atoms with van der Waals surface area (Å²) in [7, 11) is -3.84. The standard InChI is InChI=1S/C15H19F3O3S/c1-11-2-8-14(9-3-11)22(19,20)21-10-12-4-6-13(7-5-12)15(16,17)18/h2-3,8-9,12-13H,4-7,10H2,1H3. The van der Waals surface area contributed by atoms with E-state index in [1.807, 2.05) is 6.92 Å². The molecule has 2 rings (SSSR count). The van der Waals surface area contributed by atoms with Gasteiger partial charge in [-0.2, -0.15) is 21.6 Å². The minimum absolute atomic E-state index is 0.0438. The van der Waals surface area contributed by atoms with Crippen LogP contribution in [0.2, 0.25) is 0 Å². The van der Waals surface area contributed by atoms with Crippen molar-refractivity contribution < 1.29 is 25.8 Å². The van der Waals surface area contributed by atoms with Crippen LogP contribution in [0, 0.1) is 18.8 Å². The molecule has 0 atom stereocenters. The molecule has 1 aromatic rings. The molecule has 7 heteroatoms. The summed E-state index contributed by atoms with van der Waals surface area (Å²) in [5.41, 5.74) is 0.935. The molecule has 0 amide bonds. The van der Waals surface area contributed by atoms with Crippen molar-refractivity contribution in [2.75, 3.05) is 6.61 Å². The van der Waals surface area contributed by atoms with Crippen molar-refractivity contribution in [3.8, 4) is 0 Å². The Kier molecular flexibility index (Phi) is 5.17. The summed E-state index contributed by atoms with van der Waals surface area (Å²) in [6, 6.07) is 6.27. The van der Waals surface area contributed by atoms with Gasteiger partial charge in [-0.1, -0.05) is 17.7 Å². The fourth-order valence-corrected chi connectivity index (χ4v) is 3.59. The molecule has 0 saturated heterocycles. The lowest BCUT2D eigenvalue weighted by Gasteiger charge is -2.29. The van der Waals surface area contributed by atoms with Gasteiger partial charge < -0.3 is 0 Å². The molecule has 0 bridgehead atoms. The number of halogens is 3. The van der Waals surface area contributed by atoms with E-state index in [4.69, 9.17) is 4.18 Å². The number of aryl methyl sites for hydroxylation is 1. The molecule has 3 nitrogen and oxygen atoms in total. The summed E-state index contributed by atoms with van der Waals surface area (Å²) in [6.07, 6.45) is -3.38. The summed E-state index contributed by atoms with van der Waals surface area (Å²) in [6.45, 7) is 1.79. The fourth-order valence-electron chi connectivity index (χ4n) is 2.62. The monoisotopic (exact) mass is 336 g/mol. The lowest BCUT2D eigenvalue weighted by molar-refractivity contribution is -0.184. The number of benzene rings is 1. The third-order valence-electron chi connectivity index (χ3n) is 4.08. The van der Waals surface area contributed by atoms with E-state index in [1.165, 1.54) is 12.1 Å². The Labute approximate surface area is 128 Å². The van der Waals surface area contributed by atoms with Crippen LogP contribution in [0.3, 0.4) is 0 Å². The Morgan fingerprint density at radius 1 is 1.09 bits per heavy atom. The molecule has 0 heterocycles. The van der Waals surface area contributed by atoms with Gasteiger partial charge in [0.1, 0.15) is 0 Å². The third kappa shape index (κ3) is 4.46. The van der Waals surface area contributed by atoms with Gasteiger partial charge in [0.15, 0.2) is 0 Å². The molecule has 0 aromatic heterocycles. The number of rotatable bonds is 4. The van der Waals surface area contributed by atoms with Crippen molar-refractivity contribution in [3.05, 3.63) is 29.8 Å². The highest BCUT2D eigenvalue weighted by Gasteiger charge is 2.41. The van der Waals surface area contributed by atoms with Crippen LogP contribution in [-0.2, 0) is 14.3 Å². The highest BCUT2D eigenvalue weighted by molar-refractivity contribution is 7.86. The largest absolute Gasteiger partial charge is 0.391 e. The van der Waals surface area contributed by atoms with E-state index in [0.29, 0.717) is 12.8 Å². The Morgan fingerprint density at radius 3 is 2.14 bits per heavy atom. The topological polar surface area (TPSA) is 43.4 Å². The Balaban J connectivity index is 1.87. The number of hydrogen-bond donors (Lipinski definition) is 0. The van der Waals surface area contributed by atoms with Crippen molar-refractivity contribution in [3.63, 3.8) is 0 Å². The van der Waals surface area contributed by atoms with Gasteiger partial charge >= 0.3 is 6.18 Å². The maximum Gasteiger partial charge on any atom is 0.391 e. The number of alkyl halides is 3. The van der Waals surface area contributed by atoms with E-state index in [1.54, 1.807) is 12.1 Å². The van der Waals surface area contributed by atoms with Gasteiger partial charge in [-0.15, -0.1) is 0 Å². The fraction of sp³-hybridized carbons (Fsp3) is 0.600. The Morgan fingerprint density at radius 2 is 1.64 bits per heavy atom. The van der Waals surface area contributed by atoms with Gasteiger partial charge in [0, 0.05) is 0 Å². The molecule has 1 aliphatic rings. The predicted molar refractivity (Wildman–Crippen MR) is 75.8 cm³/mol. The second-order valence-corrected chi connectivity index (χ2v) is 7.43. The summed E-state index contributed by atoms with van der Waals surface area (Å²) in [5.74, 6) is -1.41. The Hall–Kier alpha value is -1.08. The zero-order chi connectivity index (χ0) is 16.4.